The highest BCUT2D eigenvalue weighted by Gasteiger charge is 2.28. The second-order valence-corrected chi connectivity index (χ2v) is 7.09. The molecule has 1 unspecified atom stereocenters. The average Bonchev–Trinajstić information content (AvgIpc) is 2.61. The van der Waals surface area contributed by atoms with Crippen molar-refractivity contribution >= 4 is 29.7 Å². The first-order valence-electron chi connectivity index (χ1n) is 8.34. The van der Waals surface area contributed by atoms with E-state index in [1.807, 2.05) is 36.6 Å². The van der Waals surface area contributed by atoms with Gasteiger partial charge in [0.25, 0.3) is 0 Å². The van der Waals surface area contributed by atoms with Crippen LogP contribution >= 0.6 is 11.8 Å². The summed E-state index contributed by atoms with van der Waals surface area (Å²) in [6, 6.07) is 7.31. The normalized spacial score (nSPS) is 12.9. The van der Waals surface area contributed by atoms with Crippen LogP contribution in [-0.4, -0.2) is 47.2 Å². The molecule has 0 bridgehead atoms. The predicted octanol–water partition coefficient (Wildman–Crippen LogP) is 2.26. The lowest BCUT2D eigenvalue weighted by Gasteiger charge is -2.23. The zero-order chi connectivity index (χ0) is 19.5. The highest BCUT2D eigenvalue weighted by Crippen LogP contribution is 2.07. The van der Waals surface area contributed by atoms with Crippen LogP contribution in [0, 0.1) is 5.92 Å². The van der Waals surface area contributed by atoms with E-state index in [1.54, 1.807) is 13.8 Å². The van der Waals surface area contributed by atoms with Gasteiger partial charge in [0, 0.05) is 0 Å². The van der Waals surface area contributed by atoms with Gasteiger partial charge in [-0.2, -0.15) is 11.8 Å². The highest BCUT2D eigenvalue weighted by atomic mass is 32.2. The molecule has 8 heteroatoms. The van der Waals surface area contributed by atoms with Gasteiger partial charge in [-0.15, -0.1) is 0 Å². The summed E-state index contributed by atoms with van der Waals surface area (Å²) in [4.78, 5) is 35.7. The van der Waals surface area contributed by atoms with Crippen molar-refractivity contribution in [1.29, 1.82) is 0 Å². The number of benzene rings is 1. The first-order valence-corrected chi connectivity index (χ1v) is 9.73. The Morgan fingerprint density at radius 1 is 1.15 bits per heavy atom. The van der Waals surface area contributed by atoms with E-state index >= 15 is 0 Å². The van der Waals surface area contributed by atoms with E-state index in [4.69, 9.17) is 4.74 Å². The summed E-state index contributed by atoms with van der Waals surface area (Å²) in [5.74, 6) is -1.25. The van der Waals surface area contributed by atoms with E-state index in [9.17, 15) is 19.5 Å². The molecule has 1 rings (SSSR count). The molecule has 0 fully saturated rings. The second kappa shape index (κ2) is 11.4. The Morgan fingerprint density at radius 3 is 2.35 bits per heavy atom. The number of carboxylic acid groups (broad SMARTS) is 1. The van der Waals surface area contributed by atoms with E-state index in [-0.39, 0.29) is 12.5 Å². The van der Waals surface area contributed by atoms with Crippen molar-refractivity contribution in [2.75, 3.05) is 12.0 Å². The number of carbonyl (C=O) groups is 3. The summed E-state index contributed by atoms with van der Waals surface area (Å²) < 4.78 is 5.13. The maximum absolute atomic E-state index is 12.4. The molecule has 144 valence electrons. The van der Waals surface area contributed by atoms with Crippen LogP contribution in [0.2, 0.25) is 0 Å². The monoisotopic (exact) mass is 382 g/mol. The zero-order valence-corrected chi connectivity index (χ0v) is 16.0. The van der Waals surface area contributed by atoms with Gasteiger partial charge < -0.3 is 20.5 Å². The number of carbonyl (C=O) groups excluding carboxylic acids is 2. The van der Waals surface area contributed by atoms with Crippen molar-refractivity contribution in [2.45, 2.75) is 39.0 Å². The summed E-state index contributed by atoms with van der Waals surface area (Å²) in [5.41, 5.74) is 0.830. The number of nitrogens with one attached hydrogen (secondary N) is 2. The third-order valence-corrected chi connectivity index (χ3v) is 4.30. The minimum atomic E-state index is -1.10. The number of alkyl carbamates (subject to hydrolysis) is 1. The van der Waals surface area contributed by atoms with Crippen molar-refractivity contribution < 1.29 is 24.2 Å². The molecule has 1 aromatic carbocycles. The van der Waals surface area contributed by atoms with Gasteiger partial charge in [-0.05, 0) is 29.9 Å². The predicted molar refractivity (Wildman–Crippen MR) is 101 cm³/mol. The highest BCUT2D eigenvalue weighted by molar-refractivity contribution is 7.98. The van der Waals surface area contributed by atoms with E-state index in [0.717, 1.165) is 5.56 Å². The van der Waals surface area contributed by atoms with Crippen LogP contribution in [0.5, 0.6) is 0 Å². The average molecular weight is 382 g/mol. The van der Waals surface area contributed by atoms with Crippen molar-refractivity contribution in [3.8, 4) is 0 Å². The van der Waals surface area contributed by atoms with E-state index in [2.05, 4.69) is 10.6 Å². The molecular weight excluding hydrogens is 356 g/mol. The molecular formula is C18H26N2O5S. The molecule has 0 saturated carbocycles. The molecule has 0 aliphatic rings. The van der Waals surface area contributed by atoms with Crippen molar-refractivity contribution in [2.24, 2.45) is 5.92 Å². The lowest BCUT2D eigenvalue weighted by molar-refractivity contribution is -0.142. The standard InChI is InChI=1S/C18H26N2O5S/c1-12(2)15(16(21)19-14(17(22)23)9-10-26-3)20-18(24)25-11-13-7-5-4-6-8-13/h4-8,12,14-15H,9-11H2,1-3H3,(H,19,21)(H,20,24)(H,22,23)/t14?,15-/m1/s1. The fourth-order valence-electron chi connectivity index (χ4n) is 2.18. The number of hydrogen-bond acceptors (Lipinski definition) is 5. The molecule has 0 radical (unpaired) electrons. The van der Waals surface area contributed by atoms with Crippen LogP contribution in [0.15, 0.2) is 30.3 Å². The summed E-state index contributed by atoms with van der Waals surface area (Å²) in [7, 11) is 0. The van der Waals surface area contributed by atoms with E-state index < -0.39 is 30.1 Å². The quantitative estimate of drug-likeness (QED) is 0.573. The summed E-state index contributed by atoms with van der Waals surface area (Å²) in [6.45, 7) is 3.61. The minimum absolute atomic E-state index is 0.0879. The van der Waals surface area contributed by atoms with Crippen LogP contribution in [0.1, 0.15) is 25.8 Å². The van der Waals surface area contributed by atoms with Gasteiger partial charge in [0.15, 0.2) is 0 Å². The molecule has 1 aromatic rings. The molecule has 26 heavy (non-hydrogen) atoms. The summed E-state index contributed by atoms with van der Waals surface area (Å²) in [5, 5.41) is 14.2. The number of hydrogen-bond donors (Lipinski definition) is 3. The number of carboxylic acids is 1. The van der Waals surface area contributed by atoms with Gasteiger partial charge in [-0.1, -0.05) is 44.2 Å². The summed E-state index contributed by atoms with van der Waals surface area (Å²) >= 11 is 1.50. The fraction of sp³-hybridized carbons (Fsp3) is 0.500. The summed E-state index contributed by atoms with van der Waals surface area (Å²) in [6.07, 6.45) is 1.45. The molecule has 7 nitrogen and oxygen atoms in total. The van der Waals surface area contributed by atoms with Crippen LogP contribution < -0.4 is 10.6 Å². The fourth-order valence-corrected chi connectivity index (χ4v) is 2.65. The van der Waals surface area contributed by atoms with Crippen molar-refractivity contribution in [3.05, 3.63) is 35.9 Å². The molecule has 0 aliphatic heterocycles. The molecule has 0 heterocycles. The molecule has 2 amide bonds. The Labute approximate surface area is 157 Å². The van der Waals surface area contributed by atoms with Gasteiger partial charge in [0.05, 0.1) is 0 Å². The van der Waals surface area contributed by atoms with Crippen molar-refractivity contribution in [1.82, 2.24) is 10.6 Å². The number of aliphatic carboxylic acids is 1. The largest absolute Gasteiger partial charge is 0.480 e. The maximum atomic E-state index is 12.4. The topological polar surface area (TPSA) is 105 Å². The van der Waals surface area contributed by atoms with Crippen LogP contribution in [0.3, 0.4) is 0 Å². The lowest BCUT2D eigenvalue weighted by atomic mass is 10.0. The number of thioether (sulfide) groups is 1. The molecule has 2 atom stereocenters. The minimum Gasteiger partial charge on any atom is -0.480 e. The molecule has 0 aliphatic carbocycles. The van der Waals surface area contributed by atoms with Crippen LogP contribution in [0.25, 0.3) is 0 Å². The number of ether oxygens (including phenoxy) is 1. The Hall–Kier alpha value is -2.22. The van der Waals surface area contributed by atoms with Gasteiger partial charge in [0.1, 0.15) is 18.7 Å². The Balaban J connectivity index is 2.61. The third kappa shape index (κ3) is 7.77. The van der Waals surface area contributed by atoms with Gasteiger partial charge >= 0.3 is 12.1 Å². The van der Waals surface area contributed by atoms with Gasteiger partial charge in [-0.25, -0.2) is 9.59 Å². The van der Waals surface area contributed by atoms with Crippen molar-refractivity contribution in [3.63, 3.8) is 0 Å². The smallest absolute Gasteiger partial charge is 0.408 e. The first kappa shape index (κ1) is 21.8. The molecule has 0 saturated heterocycles. The number of rotatable bonds is 10. The Morgan fingerprint density at radius 2 is 1.81 bits per heavy atom. The van der Waals surface area contributed by atoms with Crippen LogP contribution in [-0.2, 0) is 20.9 Å². The first-order chi connectivity index (χ1) is 12.3. The van der Waals surface area contributed by atoms with E-state index in [1.165, 1.54) is 11.8 Å². The maximum Gasteiger partial charge on any atom is 0.408 e. The van der Waals surface area contributed by atoms with Gasteiger partial charge in [-0.3, -0.25) is 4.79 Å². The Kier molecular flexibility index (Phi) is 9.57. The molecule has 0 spiro atoms. The van der Waals surface area contributed by atoms with Crippen LogP contribution in [0.4, 0.5) is 4.79 Å². The molecule has 0 aromatic heterocycles. The SMILES string of the molecule is CSCCC(NC(=O)[C@H](NC(=O)OCc1ccccc1)C(C)C)C(=O)O. The van der Waals surface area contributed by atoms with Gasteiger partial charge in [0.2, 0.25) is 5.91 Å². The number of amides is 2. The zero-order valence-electron chi connectivity index (χ0n) is 15.2. The Bertz CT molecular complexity index is 595. The second-order valence-electron chi connectivity index (χ2n) is 6.11. The molecule has 3 N–H and O–H groups in total. The lowest BCUT2D eigenvalue weighted by Crippen LogP contribution is -2.53. The van der Waals surface area contributed by atoms with E-state index in [0.29, 0.717) is 12.2 Å². The third-order valence-electron chi connectivity index (χ3n) is 3.66.